The average Bonchev–Trinajstić information content (AvgIpc) is 2.72. The van der Waals surface area contributed by atoms with Gasteiger partial charge in [-0.15, -0.1) is 0 Å². The van der Waals surface area contributed by atoms with Gasteiger partial charge in [-0.25, -0.2) is 0 Å². The third-order valence-electron chi connectivity index (χ3n) is 4.04. The first kappa shape index (κ1) is 16.2. The van der Waals surface area contributed by atoms with Crippen molar-refractivity contribution in [3.8, 4) is 0 Å². The molecular formula is C16H21BrN2O2. The van der Waals surface area contributed by atoms with E-state index in [-0.39, 0.29) is 13.2 Å². The smallest absolute Gasteiger partial charge is 0.0738 e. The van der Waals surface area contributed by atoms with Crippen molar-refractivity contribution in [2.45, 2.75) is 25.7 Å². The molecule has 0 spiro atoms. The van der Waals surface area contributed by atoms with Gasteiger partial charge in [0.05, 0.1) is 29.1 Å². The first-order valence-corrected chi connectivity index (χ1v) is 7.69. The summed E-state index contributed by atoms with van der Waals surface area (Å²) in [5.74, 6) is 0. The van der Waals surface area contributed by atoms with E-state index in [2.05, 4.69) is 21.0 Å². The van der Waals surface area contributed by atoms with Crippen LogP contribution in [0, 0.1) is 13.8 Å². The molecule has 0 bridgehead atoms. The highest BCUT2D eigenvalue weighted by molar-refractivity contribution is 9.10. The van der Waals surface area contributed by atoms with E-state index in [1.165, 1.54) is 0 Å². The Balaban J connectivity index is 2.45. The van der Waals surface area contributed by atoms with Crippen molar-refractivity contribution in [3.05, 3.63) is 51.3 Å². The molecule has 0 saturated heterocycles. The van der Waals surface area contributed by atoms with Crippen LogP contribution in [-0.2, 0) is 18.9 Å². The number of hydrogen-bond donors (Lipinski definition) is 2. The van der Waals surface area contributed by atoms with Crippen LogP contribution in [0.25, 0.3) is 0 Å². The number of halogens is 1. The van der Waals surface area contributed by atoms with Crippen LogP contribution in [0.15, 0.2) is 28.7 Å². The average molecular weight is 353 g/mol. The minimum Gasteiger partial charge on any atom is -0.395 e. The molecule has 1 aromatic carbocycles. The molecule has 2 rings (SSSR count). The second-order valence-electron chi connectivity index (χ2n) is 5.61. The molecule has 0 aliphatic rings. The van der Waals surface area contributed by atoms with E-state index in [4.69, 9.17) is 0 Å². The Hall–Kier alpha value is -1.17. The van der Waals surface area contributed by atoms with Crippen LogP contribution < -0.4 is 0 Å². The van der Waals surface area contributed by atoms with Crippen molar-refractivity contribution in [2.75, 3.05) is 13.2 Å². The summed E-state index contributed by atoms with van der Waals surface area (Å²) in [6.45, 7) is 3.70. The Bertz CT molecular complexity index is 616. The highest BCUT2D eigenvalue weighted by Gasteiger charge is 2.33. The fourth-order valence-electron chi connectivity index (χ4n) is 2.55. The molecule has 5 heteroatoms. The fourth-order valence-corrected chi connectivity index (χ4v) is 3.02. The number of aromatic nitrogens is 2. The molecule has 21 heavy (non-hydrogen) atoms. The molecule has 0 radical (unpaired) electrons. The first-order valence-electron chi connectivity index (χ1n) is 6.90. The van der Waals surface area contributed by atoms with Crippen molar-refractivity contribution in [1.82, 2.24) is 9.78 Å². The third kappa shape index (κ3) is 3.05. The van der Waals surface area contributed by atoms with E-state index in [0.717, 1.165) is 27.0 Å². The van der Waals surface area contributed by atoms with Crippen molar-refractivity contribution in [2.24, 2.45) is 7.05 Å². The van der Waals surface area contributed by atoms with Gasteiger partial charge in [-0.1, -0.05) is 29.8 Å². The van der Waals surface area contributed by atoms with Gasteiger partial charge < -0.3 is 10.2 Å². The summed E-state index contributed by atoms with van der Waals surface area (Å²) >= 11 is 3.55. The Morgan fingerprint density at radius 3 is 2.14 bits per heavy atom. The van der Waals surface area contributed by atoms with E-state index in [1.54, 1.807) is 4.68 Å². The Kier molecular flexibility index (Phi) is 4.86. The van der Waals surface area contributed by atoms with Crippen molar-refractivity contribution >= 4 is 15.9 Å². The van der Waals surface area contributed by atoms with Gasteiger partial charge in [-0.3, -0.25) is 4.68 Å². The highest BCUT2D eigenvalue weighted by Crippen LogP contribution is 2.32. The predicted octanol–water partition coefficient (Wildman–Crippen LogP) is 2.26. The Morgan fingerprint density at radius 1 is 1.14 bits per heavy atom. The molecule has 2 aromatic rings. The van der Waals surface area contributed by atoms with Gasteiger partial charge in [0.15, 0.2) is 0 Å². The van der Waals surface area contributed by atoms with Crippen LogP contribution in [0.2, 0.25) is 0 Å². The molecule has 0 unspecified atom stereocenters. The molecule has 0 aliphatic carbocycles. The topological polar surface area (TPSA) is 58.3 Å². The summed E-state index contributed by atoms with van der Waals surface area (Å²) in [4.78, 5) is 0. The number of aryl methyl sites for hydroxylation is 3. The summed E-state index contributed by atoms with van der Waals surface area (Å²) in [6.07, 6.45) is 0.515. The summed E-state index contributed by atoms with van der Waals surface area (Å²) < 4.78 is 2.73. The summed E-state index contributed by atoms with van der Waals surface area (Å²) in [5.41, 5.74) is 3.25. The van der Waals surface area contributed by atoms with E-state index in [9.17, 15) is 10.2 Å². The van der Waals surface area contributed by atoms with Gasteiger partial charge in [0.2, 0.25) is 0 Å². The number of aliphatic hydroxyl groups excluding tert-OH is 2. The lowest BCUT2D eigenvalue weighted by atomic mass is 9.77. The fraction of sp³-hybridized carbons (Fsp3) is 0.438. The van der Waals surface area contributed by atoms with E-state index < -0.39 is 5.41 Å². The van der Waals surface area contributed by atoms with Crippen molar-refractivity contribution in [3.63, 3.8) is 0 Å². The minimum atomic E-state index is -0.712. The number of aliphatic hydroxyl groups is 2. The van der Waals surface area contributed by atoms with Crippen molar-refractivity contribution in [1.29, 1.82) is 0 Å². The first-order chi connectivity index (χ1) is 9.93. The molecule has 0 aliphatic heterocycles. The molecule has 0 saturated carbocycles. The van der Waals surface area contributed by atoms with E-state index >= 15 is 0 Å². The zero-order valence-corrected chi connectivity index (χ0v) is 14.2. The third-order valence-corrected chi connectivity index (χ3v) is 5.07. The Morgan fingerprint density at radius 2 is 1.71 bits per heavy atom. The van der Waals surface area contributed by atoms with Gasteiger partial charge in [-0.05, 0) is 35.3 Å². The predicted molar refractivity (Wildman–Crippen MR) is 86.4 cm³/mol. The molecule has 0 amide bonds. The number of nitrogens with zero attached hydrogens (tertiary/aromatic N) is 2. The minimum absolute atomic E-state index is 0.122. The highest BCUT2D eigenvalue weighted by atomic mass is 79.9. The second kappa shape index (κ2) is 6.30. The largest absolute Gasteiger partial charge is 0.395 e. The van der Waals surface area contributed by atoms with Crippen LogP contribution in [0.5, 0.6) is 0 Å². The van der Waals surface area contributed by atoms with Gasteiger partial charge in [0.1, 0.15) is 0 Å². The second-order valence-corrected chi connectivity index (χ2v) is 6.40. The molecule has 0 fully saturated rings. The SMILES string of the molecule is Cc1ccc(C(CO)(CO)Cc2c(Br)c(C)nn2C)cc1. The maximum atomic E-state index is 9.94. The van der Waals surface area contributed by atoms with Gasteiger partial charge in [0, 0.05) is 18.9 Å². The Labute approximate surface area is 133 Å². The lowest BCUT2D eigenvalue weighted by molar-refractivity contribution is 0.114. The van der Waals surface area contributed by atoms with Crippen LogP contribution >= 0.6 is 15.9 Å². The molecule has 4 nitrogen and oxygen atoms in total. The maximum Gasteiger partial charge on any atom is 0.0738 e. The summed E-state index contributed by atoms with van der Waals surface area (Å²) in [5, 5.41) is 24.3. The number of benzene rings is 1. The van der Waals surface area contributed by atoms with E-state index in [0.29, 0.717) is 6.42 Å². The zero-order chi connectivity index (χ0) is 15.6. The number of rotatable bonds is 5. The molecule has 114 valence electrons. The van der Waals surface area contributed by atoms with Crippen LogP contribution in [0.4, 0.5) is 0 Å². The molecule has 1 heterocycles. The van der Waals surface area contributed by atoms with E-state index in [1.807, 2.05) is 45.2 Å². The summed E-state index contributed by atoms with van der Waals surface area (Å²) in [7, 11) is 1.88. The normalized spacial score (nSPS) is 11.9. The lowest BCUT2D eigenvalue weighted by Gasteiger charge is -2.30. The van der Waals surface area contributed by atoms with Crippen molar-refractivity contribution < 1.29 is 10.2 Å². The van der Waals surface area contributed by atoms with Gasteiger partial charge >= 0.3 is 0 Å². The zero-order valence-electron chi connectivity index (χ0n) is 12.6. The monoisotopic (exact) mass is 352 g/mol. The number of hydrogen-bond acceptors (Lipinski definition) is 3. The quantitative estimate of drug-likeness (QED) is 0.867. The standard InChI is InChI=1S/C16H21BrN2O2/c1-11-4-6-13(7-5-11)16(9-20,10-21)8-14-15(17)12(2)18-19(14)3/h4-7,20-21H,8-10H2,1-3H3. The summed E-state index contributed by atoms with van der Waals surface area (Å²) in [6, 6.07) is 7.94. The molecule has 2 N–H and O–H groups in total. The van der Waals surface area contributed by atoms with Crippen LogP contribution in [-0.4, -0.2) is 33.2 Å². The molecule has 0 atom stereocenters. The van der Waals surface area contributed by atoms with Crippen LogP contribution in [0.3, 0.4) is 0 Å². The maximum absolute atomic E-state index is 9.94. The molecule has 1 aromatic heterocycles. The lowest BCUT2D eigenvalue weighted by Crippen LogP contribution is -2.38. The molecular weight excluding hydrogens is 332 g/mol. The van der Waals surface area contributed by atoms with Gasteiger partial charge in [0.25, 0.3) is 0 Å². The van der Waals surface area contributed by atoms with Crippen LogP contribution in [0.1, 0.15) is 22.5 Å². The van der Waals surface area contributed by atoms with Gasteiger partial charge in [-0.2, -0.15) is 5.10 Å².